The molecule has 0 aliphatic heterocycles. The number of carbonyl (C=O) groups excluding carboxylic acids is 1. The van der Waals surface area contributed by atoms with Crippen molar-refractivity contribution in [3.05, 3.63) is 34.9 Å². The van der Waals surface area contributed by atoms with Gasteiger partial charge in [-0.2, -0.15) is 9.78 Å². The van der Waals surface area contributed by atoms with Crippen LogP contribution < -0.4 is 0 Å². The summed E-state index contributed by atoms with van der Waals surface area (Å²) in [6.45, 7) is 7.63. The standard InChI is InChI=1S/C13H16N4O2/c1-5-19-12(18)11-7-10(4)16-17(11)13-14-8(2)6-9(3)15-13/h6-7H,5H2,1-4H3. The average Bonchev–Trinajstić information content (AvgIpc) is 2.70. The lowest BCUT2D eigenvalue weighted by atomic mass is 10.3. The molecule has 0 saturated carbocycles. The van der Waals surface area contributed by atoms with Gasteiger partial charge in [0.05, 0.1) is 12.3 Å². The summed E-state index contributed by atoms with van der Waals surface area (Å²) < 4.78 is 6.43. The molecule has 19 heavy (non-hydrogen) atoms. The highest BCUT2D eigenvalue weighted by atomic mass is 16.5. The number of hydrogen-bond donors (Lipinski definition) is 0. The Morgan fingerprint density at radius 1 is 1.16 bits per heavy atom. The van der Waals surface area contributed by atoms with E-state index < -0.39 is 5.97 Å². The van der Waals surface area contributed by atoms with Crippen LogP contribution in [0.1, 0.15) is 34.5 Å². The molecule has 0 aliphatic rings. The third-order valence-corrected chi connectivity index (χ3v) is 2.48. The lowest BCUT2D eigenvalue weighted by molar-refractivity contribution is 0.0515. The van der Waals surface area contributed by atoms with Gasteiger partial charge in [0.25, 0.3) is 5.95 Å². The maximum absolute atomic E-state index is 11.9. The Morgan fingerprint density at radius 2 is 1.79 bits per heavy atom. The van der Waals surface area contributed by atoms with E-state index in [0.29, 0.717) is 23.9 Å². The normalized spacial score (nSPS) is 10.5. The van der Waals surface area contributed by atoms with E-state index >= 15 is 0 Å². The fourth-order valence-corrected chi connectivity index (χ4v) is 1.80. The molecule has 100 valence electrons. The topological polar surface area (TPSA) is 69.9 Å². The van der Waals surface area contributed by atoms with Gasteiger partial charge in [-0.25, -0.2) is 14.8 Å². The number of aromatic nitrogens is 4. The van der Waals surface area contributed by atoms with Crippen molar-refractivity contribution in [2.45, 2.75) is 27.7 Å². The van der Waals surface area contributed by atoms with Crippen LogP contribution in [0.15, 0.2) is 12.1 Å². The lowest BCUT2D eigenvalue weighted by Gasteiger charge is -2.06. The quantitative estimate of drug-likeness (QED) is 0.786. The van der Waals surface area contributed by atoms with Crippen LogP contribution in [0.3, 0.4) is 0 Å². The highest BCUT2D eigenvalue weighted by Gasteiger charge is 2.18. The van der Waals surface area contributed by atoms with Crippen molar-refractivity contribution in [1.82, 2.24) is 19.7 Å². The molecule has 0 spiro atoms. The van der Waals surface area contributed by atoms with Crippen LogP contribution in [-0.4, -0.2) is 32.3 Å². The highest BCUT2D eigenvalue weighted by molar-refractivity contribution is 5.88. The number of rotatable bonds is 3. The first kappa shape index (κ1) is 13.2. The first-order valence-corrected chi connectivity index (χ1v) is 6.07. The third-order valence-electron chi connectivity index (χ3n) is 2.48. The Kier molecular flexibility index (Phi) is 3.59. The van der Waals surface area contributed by atoms with Crippen molar-refractivity contribution in [1.29, 1.82) is 0 Å². The monoisotopic (exact) mass is 260 g/mol. The molecule has 2 rings (SSSR count). The summed E-state index contributed by atoms with van der Waals surface area (Å²) in [5.74, 6) is -0.0421. The zero-order valence-corrected chi connectivity index (χ0v) is 11.5. The summed E-state index contributed by atoms with van der Waals surface area (Å²) in [6, 6.07) is 3.53. The molecule has 0 unspecified atom stereocenters. The second-order valence-corrected chi connectivity index (χ2v) is 4.25. The number of nitrogens with zero attached hydrogens (tertiary/aromatic N) is 4. The summed E-state index contributed by atoms with van der Waals surface area (Å²) >= 11 is 0. The van der Waals surface area contributed by atoms with Gasteiger partial charge in [-0.1, -0.05) is 0 Å². The van der Waals surface area contributed by atoms with E-state index in [9.17, 15) is 4.79 Å². The van der Waals surface area contributed by atoms with E-state index in [2.05, 4.69) is 15.1 Å². The predicted molar refractivity (Wildman–Crippen MR) is 69.3 cm³/mol. The number of carbonyl (C=O) groups is 1. The van der Waals surface area contributed by atoms with Crippen LogP contribution in [0.5, 0.6) is 0 Å². The zero-order chi connectivity index (χ0) is 14.0. The molecular formula is C13H16N4O2. The molecule has 0 saturated heterocycles. The van der Waals surface area contributed by atoms with Crippen molar-refractivity contribution >= 4 is 5.97 Å². The van der Waals surface area contributed by atoms with Gasteiger partial charge in [-0.15, -0.1) is 0 Å². The fourth-order valence-electron chi connectivity index (χ4n) is 1.80. The summed E-state index contributed by atoms with van der Waals surface area (Å²) in [5.41, 5.74) is 2.70. The van der Waals surface area contributed by atoms with Gasteiger partial charge >= 0.3 is 5.97 Å². The van der Waals surface area contributed by atoms with Crippen LogP contribution in [0, 0.1) is 20.8 Å². The summed E-state index contributed by atoms with van der Waals surface area (Å²) in [7, 11) is 0. The molecule has 0 atom stereocenters. The number of aryl methyl sites for hydroxylation is 3. The Balaban J connectivity index is 2.52. The van der Waals surface area contributed by atoms with Gasteiger partial charge in [0.15, 0.2) is 5.69 Å². The van der Waals surface area contributed by atoms with Crippen LogP contribution >= 0.6 is 0 Å². The summed E-state index contributed by atoms with van der Waals surface area (Å²) in [6.07, 6.45) is 0. The fraction of sp³-hybridized carbons (Fsp3) is 0.385. The first-order chi connectivity index (χ1) is 9.01. The van der Waals surface area contributed by atoms with Crippen molar-refractivity contribution in [3.8, 4) is 5.95 Å². The van der Waals surface area contributed by atoms with Crippen molar-refractivity contribution in [3.63, 3.8) is 0 Å². The molecule has 2 aromatic rings. The maximum atomic E-state index is 11.9. The third kappa shape index (κ3) is 2.78. The van der Waals surface area contributed by atoms with Gasteiger partial charge in [-0.05, 0) is 39.8 Å². The number of ether oxygens (including phenoxy) is 1. The van der Waals surface area contributed by atoms with E-state index in [4.69, 9.17) is 4.74 Å². The first-order valence-electron chi connectivity index (χ1n) is 6.07. The molecule has 0 aliphatic carbocycles. The van der Waals surface area contributed by atoms with E-state index in [1.165, 1.54) is 4.68 Å². The number of esters is 1. The lowest BCUT2D eigenvalue weighted by Crippen LogP contribution is -2.14. The molecule has 6 nitrogen and oxygen atoms in total. The molecule has 2 heterocycles. The van der Waals surface area contributed by atoms with Crippen LogP contribution in [-0.2, 0) is 4.74 Å². The Labute approximate surface area is 111 Å². The highest BCUT2D eigenvalue weighted by Crippen LogP contribution is 2.11. The molecule has 0 aromatic carbocycles. The molecule has 0 bridgehead atoms. The largest absolute Gasteiger partial charge is 0.461 e. The average molecular weight is 260 g/mol. The van der Waals surface area contributed by atoms with Crippen LogP contribution in [0.2, 0.25) is 0 Å². The van der Waals surface area contributed by atoms with E-state index in [1.54, 1.807) is 13.0 Å². The van der Waals surface area contributed by atoms with Gasteiger partial charge < -0.3 is 4.74 Å². The van der Waals surface area contributed by atoms with Gasteiger partial charge in [0.2, 0.25) is 0 Å². The van der Waals surface area contributed by atoms with Gasteiger partial charge in [-0.3, -0.25) is 0 Å². The van der Waals surface area contributed by atoms with E-state index in [-0.39, 0.29) is 0 Å². The molecule has 0 amide bonds. The van der Waals surface area contributed by atoms with E-state index in [1.807, 2.05) is 26.8 Å². The maximum Gasteiger partial charge on any atom is 0.357 e. The molecule has 2 aromatic heterocycles. The minimum atomic E-state index is -0.425. The van der Waals surface area contributed by atoms with Crippen LogP contribution in [0.4, 0.5) is 0 Å². The van der Waals surface area contributed by atoms with Gasteiger partial charge in [0.1, 0.15) is 0 Å². The van der Waals surface area contributed by atoms with Crippen molar-refractivity contribution in [2.24, 2.45) is 0 Å². The van der Waals surface area contributed by atoms with Gasteiger partial charge in [0, 0.05) is 11.4 Å². The second kappa shape index (κ2) is 5.17. The Morgan fingerprint density at radius 3 is 2.37 bits per heavy atom. The number of hydrogen-bond acceptors (Lipinski definition) is 5. The SMILES string of the molecule is CCOC(=O)c1cc(C)nn1-c1nc(C)cc(C)n1. The predicted octanol–water partition coefficient (Wildman–Crippen LogP) is 1.76. The smallest absolute Gasteiger partial charge is 0.357 e. The van der Waals surface area contributed by atoms with E-state index in [0.717, 1.165) is 11.4 Å². The minimum Gasteiger partial charge on any atom is -0.461 e. The summed E-state index contributed by atoms with van der Waals surface area (Å²) in [5, 5.41) is 4.26. The Bertz CT molecular complexity index is 599. The molecule has 6 heteroatoms. The minimum absolute atomic E-state index is 0.316. The van der Waals surface area contributed by atoms with Crippen molar-refractivity contribution < 1.29 is 9.53 Å². The van der Waals surface area contributed by atoms with Crippen LogP contribution in [0.25, 0.3) is 5.95 Å². The summed E-state index contributed by atoms with van der Waals surface area (Å²) in [4.78, 5) is 20.5. The molecular weight excluding hydrogens is 244 g/mol. The zero-order valence-electron chi connectivity index (χ0n) is 11.5. The Hall–Kier alpha value is -2.24. The molecule has 0 fully saturated rings. The second-order valence-electron chi connectivity index (χ2n) is 4.25. The van der Waals surface area contributed by atoms with Crippen molar-refractivity contribution in [2.75, 3.05) is 6.61 Å². The molecule has 0 radical (unpaired) electrons. The molecule has 0 N–H and O–H groups in total.